The molecule has 1 N–H and O–H groups in total. The van der Waals surface area contributed by atoms with Gasteiger partial charge in [-0.25, -0.2) is 4.98 Å². The van der Waals surface area contributed by atoms with Crippen molar-refractivity contribution in [3.05, 3.63) is 17.7 Å². The molecule has 26 heavy (non-hydrogen) atoms. The second-order valence-electron chi connectivity index (χ2n) is 11.1. The van der Waals surface area contributed by atoms with Crippen LogP contribution in [0.5, 0.6) is 0 Å². The van der Waals surface area contributed by atoms with Crippen molar-refractivity contribution in [2.45, 2.75) is 96.8 Å². The minimum Gasteiger partial charge on any atom is -0.346 e. The van der Waals surface area contributed by atoms with Gasteiger partial charge in [0.25, 0.3) is 0 Å². The fourth-order valence-corrected chi connectivity index (χ4v) is 7.77. The van der Waals surface area contributed by atoms with Crippen LogP contribution in [0.3, 0.4) is 0 Å². The van der Waals surface area contributed by atoms with Crippen LogP contribution in [-0.2, 0) is 6.42 Å². The number of aryl methyl sites for hydroxylation is 1. The van der Waals surface area contributed by atoms with E-state index in [1.807, 2.05) is 0 Å². The van der Waals surface area contributed by atoms with Gasteiger partial charge in [0, 0.05) is 17.8 Å². The number of aromatic nitrogens is 2. The van der Waals surface area contributed by atoms with Crippen molar-refractivity contribution < 1.29 is 0 Å². The highest BCUT2D eigenvalue weighted by Gasteiger charge is 2.50. The van der Waals surface area contributed by atoms with Gasteiger partial charge in [0.1, 0.15) is 5.82 Å². The van der Waals surface area contributed by atoms with Gasteiger partial charge in [0.2, 0.25) is 0 Å². The maximum Gasteiger partial charge on any atom is 0.109 e. The maximum atomic E-state index is 4.82. The third-order valence-electron chi connectivity index (χ3n) is 8.84. The molecule has 1 aromatic heterocycles. The van der Waals surface area contributed by atoms with Gasteiger partial charge in [-0.3, -0.25) is 0 Å². The van der Waals surface area contributed by atoms with Crippen LogP contribution in [0.2, 0.25) is 0 Å². The fraction of sp³-hybridized carbons (Fsp3) is 0.875. The quantitative estimate of drug-likeness (QED) is 0.643. The Morgan fingerprint density at radius 1 is 1.00 bits per heavy atom. The van der Waals surface area contributed by atoms with Crippen LogP contribution in [0.15, 0.2) is 6.20 Å². The molecule has 144 valence electrons. The van der Waals surface area contributed by atoms with Crippen LogP contribution < -0.4 is 0 Å². The largest absolute Gasteiger partial charge is 0.346 e. The minimum absolute atomic E-state index is 0.693. The summed E-state index contributed by atoms with van der Waals surface area (Å²) in [6, 6.07) is 0. The molecule has 6 rings (SSSR count). The first-order valence-corrected chi connectivity index (χ1v) is 11.6. The van der Waals surface area contributed by atoms with Crippen molar-refractivity contribution in [3.8, 4) is 0 Å². The molecule has 0 aliphatic heterocycles. The topological polar surface area (TPSA) is 28.7 Å². The molecule has 5 aliphatic carbocycles. The highest BCUT2D eigenvalue weighted by molar-refractivity contribution is 5.09. The molecule has 0 aromatic carbocycles. The molecule has 0 saturated heterocycles. The second kappa shape index (κ2) is 6.67. The van der Waals surface area contributed by atoms with E-state index in [4.69, 9.17) is 4.98 Å². The van der Waals surface area contributed by atoms with E-state index in [0.717, 1.165) is 29.6 Å². The number of H-pyrrole nitrogens is 1. The van der Waals surface area contributed by atoms with Gasteiger partial charge in [0.15, 0.2) is 0 Å². The van der Waals surface area contributed by atoms with Crippen LogP contribution in [0.1, 0.15) is 102 Å². The van der Waals surface area contributed by atoms with Crippen molar-refractivity contribution in [2.75, 3.05) is 0 Å². The molecular formula is C24H38N2. The molecule has 5 saturated carbocycles. The Morgan fingerprint density at radius 3 is 2.19 bits per heavy atom. The van der Waals surface area contributed by atoms with Crippen molar-refractivity contribution in [2.24, 2.45) is 35.0 Å². The Labute approximate surface area is 160 Å². The zero-order valence-corrected chi connectivity index (χ0v) is 17.0. The summed E-state index contributed by atoms with van der Waals surface area (Å²) in [7, 11) is 0. The molecule has 2 nitrogen and oxygen atoms in total. The number of hydrogen-bond acceptors (Lipinski definition) is 1. The summed E-state index contributed by atoms with van der Waals surface area (Å²) in [5.41, 5.74) is 2.12. The molecular weight excluding hydrogens is 316 g/mol. The summed E-state index contributed by atoms with van der Waals surface area (Å²) in [5, 5.41) is 0. The van der Waals surface area contributed by atoms with E-state index in [1.165, 1.54) is 50.0 Å². The van der Waals surface area contributed by atoms with Crippen molar-refractivity contribution in [3.63, 3.8) is 0 Å². The highest BCUT2D eigenvalue weighted by Crippen LogP contribution is 2.61. The lowest BCUT2D eigenvalue weighted by Crippen LogP contribution is -2.46. The molecule has 0 unspecified atom stereocenters. The number of imidazole rings is 1. The molecule has 5 aliphatic rings. The van der Waals surface area contributed by atoms with Crippen LogP contribution >= 0.6 is 0 Å². The number of nitrogens with one attached hydrogen (secondary N) is 1. The van der Waals surface area contributed by atoms with E-state index in [1.54, 1.807) is 38.5 Å². The first-order valence-electron chi connectivity index (χ1n) is 11.6. The molecule has 0 radical (unpaired) electrons. The average Bonchev–Trinajstić information content (AvgIpc) is 3.08. The van der Waals surface area contributed by atoms with Crippen molar-refractivity contribution in [1.82, 2.24) is 9.97 Å². The fourth-order valence-electron chi connectivity index (χ4n) is 7.77. The summed E-state index contributed by atoms with van der Waals surface area (Å²) < 4.78 is 0. The van der Waals surface area contributed by atoms with Gasteiger partial charge in [-0.05, 0) is 112 Å². The molecule has 4 bridgehead atoms. The van der Waals surface area contributed by atoms with E-state index in [0.29, 0.717) is 11.3 Å². The number of hydrogen-bond donors (Lipinski definition) is 1. The summed E-state index contributed by atoms with van der Waals surface area (Å²) in [4.78, 5) is 8.57. The Balaban J connectivity index is 1.18. The van der Waals surface area contributed by atoms with Crippen LogP contribution in [0, 0.1) is 35.0 Å². The average molecular weight is 355 g/mol. The predicted octanol–water partition coefficient (Wildman–Crippen LogP) is 6.49. The highest BCUT2D eigenvalue weighted by atomic mass is 14.9. The number of aromatic amines is 1. The van der Waals surface area contributed by atoms with Crippen LogP contribution in [0.25, 0.3) is 0 Å². The molecule has 0 atom stereocenters. The summed E-state index contributed by atoms with van der Waals surface area (Å²) >= 11 is 0. The SMILES string of the molecule is CC(C)C1CCC(c2ncc(CCC34CC5CC(CC(C5)C3)C4)[nH]2)CC1. The van der Waals surface area contributed by atoms with Crippen molar-refractivity contribution in [1.29, 1.82) is 0 Å². The van der Waals surface area contributed by atoms with Crippen LogP contribution in [-0.4, -0.2) is 9.97 Å². The molecule has 0 amide bonds. The van der Waals surface area contributed by atoms with Gasteiger partial charge >= 0.3 is 0 Å². The summed E-state index contributed by atoms with van der Waals surface area (Å²) in [6.07, 6.45) is 19.6. The lowest BCUT2D eigenvalue weighted by atomic mass is 9.48. The third-order valence-corrected chi connectivity index (χ3v) is 8.84. The lowest BCUT2D eigenvalue weighted by molar-refractivity contribution is -0.0570. The summed E-state index contributed by atoms with van der Waals surface area (Å²) in [5.74, 6) is 7.02. The first kappa shape index (κ1) is 17.3. The van der Waals surface area contributed by atoms with E-state index >= 15 is 0 Å². The monoisotopic (exact) mass is 354 g/mol. The lowest BCUT2D eigenvalue weighted by Gasteiger charge is -2.57. The third kappa shape index (κ3) is 3.27. The Morgan fingerprint density at radius 2 is 1.62 bits per heavy atom. The van der Waals surface area contributed by atoms with Gasteiger partial charge < -0.3 is 4.98 Å². The van der Waals surface area contributed by atoms with Gasteiger partial charge in [0.05, 0.1) is 0 Å². The van der Waals surface area contributed by atoms with Gasteiger partial charge in [-0.2, -0.15) is 0 Å². The molecule has 0 spiro atoms. The molecule has 2 heteroatoms. The smallest absolute Gasteiger partial charge is 0.109 e. The van der Waals surface area contributed by atoms with E-state index < -0.39 is 0 Å². The first-order chi connectivity index (χ1) is 12.6. The number of rotatable bonds is 5. The van der Waals surface area contributed by atoms with E-state index in [9.17, 15) is 0 Å². The van der Waals surface area contributed by atoms with Crippen molar-refractivity contribution >= 4 is 0 Å². The van der Waals surface area contributed by atoms with Crippen LogP contribution in [0.4, 0.5) is 0 Å². The zero-order valence-electron chi connectivity index (χ0n) is 17.0. The predicted molar refractivity (Wildman–Crippen MR) is 107 cm³/mol. The molecule has 1 heterocycles. The maximum absolute atomic E-state index is 4.82. The van der Waals surface area contributed by atoms with Gasteiger partial charge in [-0.15, -0.1) is 0 Å². The van der Waals surface area contributed by atoms with Gasteiger partial charge in [-0.1, -0.05) is 13.8 Å². The normalized spacial score (nSPS) is 41.9. The standard InChI is InChI=1S/C24H38N2/c1-16(2)20-3-5-21(6-4-20)23-25-15-22(26-23)7-8-24-12-17-9-18(13-24)11-19(10-17)14-24/h15-21H,3-14H2,1-2H3,(H,25,26). The molecule has 1 aromatic rings. The Hall–Kier alpha value is -0.790. The zero-order chi connectivity index (χ0) is 17.7. The molecule has 5 fully saturated rings. The second-order valence-corrected chi connectivity index (χ2v) is 11.1. The minimum atomic E-state index is 0.693. The van der Waals surface area contributed by atoms with E-state index in [2.05, 4.69) is 25.0 Å². The number of nitrogens with zero attached hydrogens (tertiary/aromatic N) is 1. The van der Waals surface area contributed by atoms with E-state index in [-0.39, 0.29) is 0 Å². The Kier molecular flexibility index (Phi) is 4.44. The Bertz CT molecular complexity index is 585. The summed E-state index contributed by atoms with van der Waals surface area (Å²) in [6.45, 7) is 4.78.